The molecular formula is C31H47N7O11. The van der Waals surface area contributed by atoms with E-state index in [0.29, 0.717) is 26.2 Å². The summed E-state index contributed by atoms with van der Waals surface area (Å²) in [5, 5.41) is 40.1. The van der Waals surface area contributed by atoms with Gasteiger partial charge in [0, 0.05) is 85.0 Å². The Balaban J connectivity index is 1.58. The molecule has 0 saturated carbocycles. The monoisotopic (exact) mass is 693 g/mol. The Hall–Kier alpha value is -4.36. The van der Waals surface area contributed by atoms with Crippen LogP contribution >= 0.6 is 0 Å². The summed E-state index contributed by atoms with van der Waals surface area (Å²) in [6.45, 7) is 1.90. The molecule has 0 aliphatic carbocycles. The van der Waals surface area contributed by atoms with Crippen molar-refractivity contribution in [3.63, 3.8) is 0 Å². The average molecular weight is 694 g/mol. The molecule has 2 aliphatic rings. The van der Waals surface area contributed by atoms with Gasteiger partial charge in [-0.3, -0.25) is 49.0 Å². The molecule has 1 aromatic carbocycles. The van der Waals surface area contributed by atoms with Gasteiger partial charge >= 0.3 is 30.0 Å². The van der Waals surface area contributed by atoms with Crippen molar-refractivity contribution in [1.29, 1.82) is 0 Å². The second kappa shape index (κ2) is 20.2. The van der Waals surface area contributed by atoms with Crippen LogP contribution in [0, 0.1) is 0 Å². The first-order valence-electron chi connectivity index (χ1n) is 16.2. The number of nitrogens with one attached hydrogen (secondary N) is 1. The normalized spacial score (nSPS) is 18.8. The molecular weight excluding hydrogens is 646 g/mol. The molecule has 0 spiro atoms. The SMILES string of the molecule is O=C(O)CN1CCN(CC(=O)O)CCN(C(CCC(=O)N2CCN(NC(=O)OCc3ccccc3)CC2)C(=O)O)CCN(CC(=O)O)CC1. The number of benzene rings is 1. The molecule has 2 fully saturated rings. The summed E-state index contributed by atoms with van der Waals surface area (Å²) >= 11 is 0. The van der Waals surface area contributed by atoms with Crippen LogP contribution in [-0.4, -0.2) is 190 Å². The van der Waals surface area contributed by atoms with Gasteiger partial charge in [0.05, 0.1) is 19.6 Å². The third-order valence-electron chi connectivity index (χ3n) is 8.40. The fourth-order valence-electron chi connectivity index (χ4n) is 5.75. The van der Waals surface area contributed by atoms with Crippen LogP contribution in [0.25, 0.3) is 0 Å². The van der Waals surface area contributed by atoms with Crippen LogP contribution in [-0.2, 0) is 35.3 Å². The van der Waals surface area contributed by atoms with Gasteiger partial charge in [0.15, 0.2) is 0 Å². The van der Waals surface area contributed by atoms with Crippen molar-refractivity contribution < 1.29 is 53.9 Å². The molecule has 2 saturated heterocycles. The first-order chi connectivity index (χ1) is 23.4. The highest BCUT2D eigenvalue weighted by atomic mass is 16.6. The lowest BCUT2D eigenvalue weighted by molar-refractivity contribution is -0.145. The fourth-order valence-corrected chi connectivity index (χ4v) is 5.75. The zero-order valence-corrected chi connectivity index (χ0v) is 27.5. The molecule has 1 unspecified atom stereocenters. The van der Waals surface area contributed by atoms with Crippen LogP contribution in [0.3, 0.4) is 0 Å². The summed E-state index contributed by atoms with van der Waals surface area (Å²) in [6, 6.07) is 8.13. The van der Waals surface area contributed by atoms with Gasteiger partial charge in [-0.1, -0.05) is 30.3 Å². The molecule has 18 heteroatoms. The number of hydrogen-bond donors (Lipinski definition) is 5. The minimum absolute atomic E-state index is 0.0251. The highest BCUT2D eigenvalue weighted by molar-refractivity contribution is 5.79. The summed E-state index contributed by atoms with van der Waals surface area (Å²) in [4.78, 5) is 80.5. The first-order valence-corrected chi connectivity index (χ1v) is 16.2. The van der Waals surface area contributed by atoms with E-state index in [9.17, 15) is 49.2 Å². The number of amides is 2. The number of carboxylic acid groups (broad SMARTS) is 4. The van der Waals surface area contributed by atoms with Crippen LogP contribution in [0.5, 0.6) is 0 Å². The number of carboxylic acids is 4. The second-order valence-electron chi connectivity index (χ2n) is 12.0. The lowest BCUT2D eigenvalue weighted by Gasteiger charge is -2.36. The molecule has 2 amide bonds. The van der Waals surface area contributed by atoms with Crippen molar-refractivity contribution in [3.8, 4) is 0 Å². The molecule has 272 valence electrons. The lowest BCUT2D eigenvalue weighted by Crippen LogP contribution is -2.55. The Bertz CT molecular complexity index is 1230. The summed E-state index contributed by atoms with van der Waals surface area (Å²) < 4.78 is 5.24. The summed E-state index contributed by atoms with van der Waals surface area (Å²) in [6.07, 6.45) is -0.703. The summed E-state index contributed by atoms with van der Waals surface area (Å²) in [5.41, 5.74) is 3.51. The third-order valence-corrected chi connectivity index (χ3v) is 8.40. The minimum atomic E-state index is -1.16. The zero-order chi connectivity index (χ0) is 35.8. The van der Waals surface area contributed by atoms with Gasteiger partial charge in [0.2, 0.25) is 5.91 Å². The molecule has 0 bridgehead atoms. The maximum Gasteiger partial charge on any atom is 0.422 e. The zero-order valence-electron chi connectivity index (χ0n) is 27.5. The molecule has 49 heavy (non-hydrogen) atoms. The minimum Gasteiger partial charge on any atom is -0.480 e. The molecule has 3 rings (SSSR count). The van der Waals surface area contributed by atoms with E-state index in [-0.39, 0.29) is 97.3 Å². The maximum absolute atomic E-state index is 13.1. The number of rotatable bonds is 14. The Morgan fingerprint density at radius 3 is 1.57 bits per heavy atom. The summed E-state index contributed by atoms with van der Waals surface area (Å²) in [5.74, 6) is -4.65. The highest BCUT2D eigenvalue weighted by Gasteiger charge is 2.30. The van der Waals surface area contributed by atoms with Crippen LogP contribution in [0.4, 0.5) is 4.79 Å². The van der Waals surface area contributed by atoms with Crippen LogP contribution < -0.4 is 5.43 Å². The van der Waals surface area contributed by atoms with E-state index >= 15 is 0 Å². The van der Waals surface area contributed by atoms with Crippen molar-refractivity contribution in [1.82, 2.24) is 34.9 Å². The van der Waals surface area contributed by atoms with Gasteiger partial charge in [-0.2, -0.15) is 0 Å². The van der Waals surface area contributed by atoms with Gasteiger partial charge in [-0.05, 0) is 12.0 Å². The Morgan fingerprint density at radius 2 is 1.12 bits per heavy atom. The van der Waals surface area contributed by atoms with Crippen molar-refractivity contribution in [2.24, 2.45) is 0 Å². The van der Waals surface area contributed by atoms with E-state index in [2.05, 4.69) is 5.43 Å². The molecule has 2 heterocycles. The summed E-state index contributed by atoms with van der Waals surface area (Å²) in [7, 11) is 0. The second-order valence-corrected chi connectivity index (χ2v) is 12.0. The van der Waals surface area contributed by atoms with E-state index in [1.165, 1.54) is 0 Å². The maximum atomic E-state index is 13.1. The highest BCUT2D eigenvalue weighted by Crippen LogP contribution is 2.13. The Kier molecular flexibility index (Phi) is 16.1. The van der Waals surface area contributed by atoms with Crippen LogP contribution in [0.2, 0.25) is 0 Å². The first kappa shape index (κ1) is 39.1. The van der Waals surface area contributed by atoms with Gasteiger partial charge in [0.25, 0.3) is 0 Å². The fraction of sp³-hybridized carbons (Fsp3) is 0.613. The third kappa shape index (κ3) is 14.7. The number of carbonyl (C=O) groups excluding carboxylic acids is 2. The number of hydrazine groups is 1. The molecule has 18 nitrogen and oxygen atoms in total. The number of nitrogens with zero attached hydrogens (tertiary/aromatic N) is 6. The average Bonchev–Trinajstić information content (AvgIpc) is 3.04. The Labute approximate surface area is 284 Å². The van der Waals surface area contributed by atoms with Crippen molar-refractivity contribution in [3.05, 3.63) is 35.9 Å². The largest absolute Gasteiger partial charge is 0.480 e. The number of hydrogen-bond acceptors (Lipinski definition) is 12. The lowest BCUT2D eigenvalue weighted by atomic mass is 10.1. The molecule has 5 N–H and O–H groups in total. The van der Waals surface area contributed by atoms with Gasteiger partial charge in [-0.25, -0.2) is 9.80 Å². The van der Waals surface area contributed by atoms with Gasteiger partial charge in [-0.15, -0.1) is 0 Å². The Morgan fingerprint density at radius 1 is 0.653 bits per heavy atom. The van der Waals surface area contributed by atoms with Crippen LogP contribution in [0.15, 0.2) is 30.3 Å². The predicted octanol–water partition coefficient (Wildman–Crippen LogP) is -1.32. The van der Waals surface area contributed by atoms with E-state index in [1.807, 2.05) is 30.3 Å². The van der Waals surface area contributed by atoms with E-state index in [1.54, 1.807) is 29.5 Å². The van der Waals surface area contributed by atoms with Crippen molar-refractivity contribution in [2.75, 3.05) is 98.2 Å². The molecule has 0 radical (unpaired) electrons. The van der Waals surface area contributed by atoms with E-state index < -0.39 is 36.0 Å². The molecule has 2 aliphatic heterocycles. The molecule has 1 atom stereocenters. The van der Waals surface area contributed by atoms with Crippen molar-refractivity contribution in [2.45, 2.75) is 25.5 Å². The number of aliphatic carboxylic acids is 4. The van der Waals surface area contributed by atoms with E-state index in [0.717, 1.165) is 5.56 Å². The standard InChI is InChI=1S/C31H47N7O11/c39-26(37-16-18-38(19-17-37)32-31(48)49-23-24-4-2-1-3-5-24)7-6-25(30(46)47)36-14-12-34(21-28(42)43)10-8-33(20-27(40)41)9-11-35(13-15-36)22-29(44)45/h1-5,25H,6-23H2,(H,32,48)(H,40,41)(H,42,43)(H,44,45)(H,46,47). The van der Waals surface area contributed by atoms with E-state index in [4.69, 9.17) is 4.74 Å². The predicted molar refractivity (Wildman–Crippen MR) is 172 cm³/mol. The van der Waals surface area contributed by atoms with Gasteiger partial charge in [0.1, 0.15) is 12.6 Å². The molecule has 1 aromatic rings. The molecule has 0 aromatic heterocycles. The number of piperazine rings is 1. The number of carbonyl (C=O) groups is 6. The van der Waals surface area contributed by atoms with Crippen LogP contribution in [0.1, 0.15) is 18.4 Å². The quantitative estimate of drug-likeness (QED) is 0.152. The smallest absolute Gasteiger partial charge is 0.422 e. The number of ether oxygens (including phenoxy) is 1. The van der Waals surface area contributed by atoms with Gasteiger partial charge < -0.3 is 30.1 Å². The van der Waals surface area contributed by atoms with Crippen molar-refractivity contribution >= 4 is 35.9 Å². The topological polar surface area (TPSA) is 224 Å².